The van der Waals surface area contributed by atoms with E-state index in [0.29, 0.717) is 5.82 Å². The van der Waals surface area contributed by atoms with Crippen molar-refractivity contribution in [1.29, 1.82) is 0 Å². The van der Waals surface area contributed by atoms with Crippen LogP contribution in [-0.2, 0) is 11.2 Å². The molecule has 2 rings (SSSR count). The number of nitrogens with zero attached hydrogens (tertiary/aromatic N) is 2. The lowest BCUT2D eigenvalue weighted by molar-refractivity contribution is -0.120. The molecule has 6 heteroatoms. The van der Waals surface area contributed by atoms with E-state index in [4.69, 9.17) is 0 Å². The zero-order valence-corrected chi connectivity index (χ0v) is 14.0. The van der Waals surface area contributed by atoms with E-state index in [1.54, 1.807) is 11.3 Å². The Kier molecular flexibility index (Phi) is 4.46. The number of aromatic nitrogens is 2. The zero-order valence-electron chi connectivity index (χ0n) is 13.2. The van der Waals surface area contributed by atoms with Gasteiger partial charge < -0.3 is 10.6 Å². The molecule has 2 heterocycles. The molecule has 2 aromatic heterocycles. The fourth-order valence-corrected chi connectivity index (χ4v) is 3.03. The molecule has 0 spiro atoms. The minimum absolute atomic E-state index is 0.0436. The number of fused-ring (bicyclic) bond motifs is 1. The Morgan fingerprint density at radius 2 is 2.05 bits per heavy atom. The Morgan fingerprint density at radius 3 is 2.67 bits per heavy atom. The largest absolute Gasteiger partial charge is 0.360 e. The van der Waals surface area contributed by atoms with Gasteiger partial charge in [-0.15, -0.1) is 11.3 Å². The predicted molar refractivity (Wildman–Crippen MR) is 87.9 cm³/mol. The van der Waals surface area contributed by atoms with Crippen molar-refractivity contribution in [1.82, 2.24) is 15.3 Å². The highest BCUT2D eigenvalue weighted by Crippen LogP contribution is 2.29. The molecule has 0 saturated carbocycles. The van der Waals surface area contributed by atoms with Gasteiger partial charge in [0.2, 0.25) is 5.91 Å². The van der Waals surface area contributed by atoms with Crippen molar-refractivity contribution < 1.29 is 4.79 Å². The smallest absolute Gasteiger partial charge is 0.239 e. The van der Waals surface area contributed by atoms with Gasteiger partial charge in [0.1, 0.15) is 16.5 Å². The predicted octanol–water partition coefficient (Wildman–Crippen LogP) is 2.89. The second-order valence-corrected chi connectivity index (χ2v) is 7.17. The number of aryl methyl sites for hydroxylation is 2. The number of hydrogen-bond acceptors (Lipinski definition) is 5. The highest BCUT2D eigenvalue weighted by atomic mass is 32.1. The molecule has 0 radical (unpaired) electrons. The monoisotopic (exact) mass is 306 g/mol. The van der Waals surface area contributed by atoms with Crippen LogP contribution in [0.25, 0.3) is 10.2 Å². The lowest BCUT2D eigenvalue weighted by Gasteiger charge is -2.20. The Hall–Kier alpha value is -1.69. The molecule has 114 valence electrons. The molecular formula is C15H22N4OS. The third-order valence-corrected chi connectivity index (χ3v) is 4.01. The van der Waals surface area contributed by atoms with Crippen molar-refractivity contribution in [2.24, 2.45) is 0 Å². The summed E-state index contributed by atoms with van der Waals surface area (Å²) in [6.07, 6.45) is 0.976. The molecular weight excluding hydrogens is 284 g/mol. The Morgan fingerprint density at radius 1 is 1.33 bits per heavy atom. The van der Waals surface area contributed by atoms with Gasteiger partial charge in [0, 0.05) is 10.4 Å². The quantitative estimate of drug-likeness (QED) is 0.911. The van der Waals surface area contributed by atoms with E-state index < -0.39 is 0 Å². The van der Waals surface area contributed by atoms with Crippen molar-refractivity contribution in [3.05, 3.63) is 16.8 Å². The van der Waals surface area contributed by atoms with Crippen molar-refractivity contribution in [2.75, 3.05) is 11.9 Å². The summed E-state index contributed by atoms with van der Waals surface area (Å²) in [6.45, 7) is 10.1. The number of amides is 1. The standard InChI is InChI=1S/C15H22N4OS/c1-6-10-7-11-13(17-9(2)18-14(11)21-10)16-8-12(20)19-15(3,4)5/h7H,6,8H2,1-5H3,(H,19,20)(H,16,17,18). The summed E-state index contributed by atoms with van der Waals surface area (Å²) in [4.78, 5) is 23.0. The molecule has 0 bridgehead atoms. The fourth-order valence-electron chi connectivity index (χ4n) is 2.01. The normalized spacial score (nSPS) is 11.7. The second-order valence-electron chi connectivity index (χ2n) is 6.06. The SMILES string of the molecule is CCc1cc2c(NCC(=O)NC(C)(C)C)nc(C)nc2s1. The fraction of sp³-hybridized carbons (Fsp3) is 0.533. The summed E-state index contributed by atoms with van der Waals surface area (Å²) in [6, 6.07) is 2.10. The van der Waals surface area contributed by atoms with Crippen LogP contribution in [0.15, 0.2) is 6.07 Å². The van der Waals surface area contributed by atoms with Crippen molar-refractivity contribution >= 4 is 33.3 Å². The van der Waals surface area contributed by atoms with E-state index in [-0.39, 0.29) is 18.0 Å². The van der Waals surface area contributed by atoms with Crippen LogP contribution in [0.4, 0.5) is 5.82 Å². The number of nitrogens with one attached hydrogen (secondary N) is 2. The Balaban J connectivity index is 2.18. The molecule has 0 aliphatic rings. The average molecular weight is 306 g/mol. The highest BCUT2D eigenvalue weighted by molar-refractivity contribution is 7.18. The summed E-state index contributed by atoms with van der Waals surface area (Å²) in [5, 5.41) is 7.05. The summed E-state index contributed by atoms with van der Waals surface area (Å²) >= 11 is 1.68. The number of hydrogen-bond donors (Lipinski definition) is 2. The zero-order chi connectivity index (χ0) is 15.6. The molecule has 0 atom stereocenters. The number of carbonyl (C=O) groups excluding carboxylic acids is 1. The summed E-state index contributed by atoms with van der Waals surface area (Å²) < 4.78 is 0. The maximum Gasteiger partial charge on any atom is 0.239 e. The van der Waals surface area contributed by atoms with Gasteiger partial charge in [-0.25, -0.2) is 9.97 Å². The van der Waals surface area contributed by atoms with Gasteiger partial charge in [-0.1, -0.05) is 6.92 Å². The highest BCUT2D eigenvalue weighted by Gasteiger charge is 2.15. The first-order chi connectivity index (χ1) is 9.78. The lowest BCUT2D eigenvalue weighted by atomic mass is 10.1. The van der Waals surface area contributed by atoms with E-state index in [9.17, 15) is 4.79 Å². The number of thiophene rings is 1. The van der Waals surface area contributed by atoms with Crippen LogP contribution < -0.4 is 10.6 Å². The third kappa shape index (κ3) is 4.14. The second kappa shape index (κ2) is 5.97. The Bertz CT molecular complexity index is 657. The van der Waals surface area contributed by atoms with Gasteiger partial charge in [-0.05, 0) is 40.2 Å². The molecule has 2 aromatic rings. The van der Waals surface area contributed by atoms with E-state index in [2.05, 4.69) is 33.6 Å². The number of carbonyl (C=O) groups is 1. The number of anilines is 1. The van der Waals surface area contributed by atoms with Gasteiger partial charge in [0.25, 0.3) is 0 Å². The van der Waals surface area contributed by atoms with Crippen LogP contribution in [0, 0.1) is 6.92 Å². The van der Waals surface area contributed by atoms with E-state index in [1.165, 1.54) is 4.88 Å². The van der Waals surface area contributed by atoms with Crippen LogP contribution in [0.1, 0.15) is 38.4 Å². The van der Waals surface area contributed by atoms with Crippen LogP contribution in [0.3, 0.4) is 0 Å². The molecule has 0 aromatic carbocycles. The molecule has 0 aliphatic heterocycles. The summed E-state index contributed by atoms with van der Waals surface area (Å²) in [5.41, 5.74) is -0.229. The third-order valence-electron chi connectivity index (χ3n) is 2.83. The van der Waals surface area contributed by atoms with E-state index in [0.717, 1.165) is 22.5 Å². The lowest BCUT2D eigenvalue weighted by Crippen LogP contribution is -2.43. The molecule has 0 unspecified atom stereocenters. The first kappa shape index (κ1) is 15.7. The van der Waals surface area contributed by atoms with Crippen LogP contribution in [0.2, 0.25) is 0 Å². The summed E-state index contributed by atoms with van der Waals surface area (Å²) in [7, 11) is 0. The van der Waals surface area contributed by atoms with E-state index in [1.807, 2.05) is 27.7 Å². The average Bonchev–Trinajstić information content (AvgIpc) is 2.76. The van der Waals surface area contributed by atoms with Crippen LogP contribution in [-0.4, -0.2) is 28.0 Å². The van der Waals surface area contributed by atoms with Crippen molar-refractivity contribution in [2.45, 2.75) is 46.6 Å². The first-order valence-electron chi connectivity index (χ1n) is 7.10. The molecule has 2 N–H and O–H groups in total. The molecule has 0 saturated heterocycles. The molecule has 21 heavy (non-hydrogen) atoms. The molecule has 0 aliphatic carbocycles. The van der Waals surface area contributed by atoms with Crippen LogP contribution in [0.5, 0.6) is 0 Å². The van der Waals surface area contributed by atoms with Gasteiger partial charge >= 0.3 is 0 Å². The molecule has 0 fully saturated rings. The van der Waals surface area contributed by atoms with Crippen molar-refractivity contribution in [3.63, 3.8) is 0 Å². The molecule has 1 amide bonds. The van der Waals surface area contributed by atoms with E-state index >= 15 is 0 Å². The molecule has 5 nitrogen and oxygen atoms in total. The Labute approximate surface area is 129 Å². The minimum Gasteiger partial charge on any atom is -0.360 e. The number of rotatable bonds is 4. The van der Waals surface area contributed by atoms with Gasteiger partial charge in [0.05, 0.1) is 11.9 Å². The maximum absolute atomic E-state index is 11.9. The van der Waals surface area contributed by atoms with Crippen molar-refractivity contribution in [3.8, 4) is 0 Å². The van der Waals surface area contributed by atoms with Gasteiger partial charge in [-0.3, -0.25) is 4.79 Å². The topological polar surface area (TPSA) is 66.9 Å². The minimum atomic E-state index is -0.229. The first-order valence-corrected chi connectivity index (χ1v) is 7.92. The maximum atomic E-state index is 11.9. The van der Waals surface area contributed by atoms with Crippen LogP contribution >= 0.6 is 11.3 Å². The van der Waals surface area contributed by atoms with Gasteiger partial charge in [0.15, 0.2) is 0 Å². The van der Waals surface area contributed by atoms with Gasteiger partial charge in [-0.2, -0.15) is 0 Å². The summed E-state index contributed by atoms with van der Waals surface area (Å²) in [5.74, 6) is 1.40.